The fourth-order valence-electron chi connectivity index (χ4n) is 1.51. The van der Waals surface area contributed by atoms with Crippen molar-refractivity contribution in [3.8, 4) is 12.3 Å². The lowest BCUT2D eigenvalue weighted by Gasteiger charge is -2.34. The van der Waals surface area contributed by atoms with Crippen LogP contribution in [0.1, 0.15) is 0 Å². The van der Waals surface area contributed by atoms with Crippen LogP contribution >= 0.6 is 0 Å². The topological polar surface area (TPSA) is 26.8 Å². The smallest absolute Gasteiger partial charge is 0.319 e. The maximum atomic E-state index is 11.6. The zero-order valence-electron chi connectivity index (χ0n) is 8.86. The lowest BCUT2D eigenvalue weighted by Crippen LogP contribution is -2.51. The number of carbonyl (C=O) groups excluding carboxylic acids is 1. The minimum Gasteiger partial charge on any atom is -0.331 e. The van der Waals surface area contributed by atoms with Crippen LogP contribution in [0.25, 0.3) is 0 Å². The number of nitrogens with zero attached hydrogens (tertiary/aromatic N) is 3. The third-order valence-corrected chi connectivity index (χ3v) is 2.34. The highest BCUT2D eigenvalue weighted by Gasteiger charge is 2.21. The highest BCUT2D eigenvalue weighted by atomic mass is 16.2. The van der Waals surface area contributed by atoms with Gasteiger partial charge in [-0.1, -0.05) is 5.92 Å². The van der Waals surface area contributed by atoms with Crippen LogP contribution in [-0.4, -0.2) is 67.5 Å². The van der Waals surface area contributed by atoms with Crippen LogP contribution in [0.2, 0.25) is 0 Å². The molecule has 0 bridgehead atoms. The highest BCUT2D eigenvalue weighted by molar-refractivity contribution is 5.73. The molecular weight excluding hydrogens is 178 g/mol. The van der Waals surface area contributed by atoms with E-state index in [9.17, 15) is 4.79 Å². The van der Waals surface area contributed by atoms with Gasteiger partial charge in [0.2, 0.25) is 0 Å². The molecule has 1 aliphatic rings. The van der Waals surface area contributed by atoms with E-state index in [0.717, 1.165) is 26.2 Å². The SMILES string of the molecule is C#CCN1CCN(C(=O)N(C)C)CC1. The molecule has 0 atom stereocenters. The summed E-state index contributed by atoms with van der Waals surface area (Å²) in [5.41, 5.74) is 0. The molecule has 0 aromatic rings. The molecule has 0 unspecified atom stereocenters. The standard InChI is InChI=1S/C10H17N3O/c1-4-5-12-6-8-13(9-7-12)10(14)11(2)3/h1H,5-9H2,2-3H3. The first-order valence-electron chi connectivity index (χ1n) is 4.77. The Kier molecular flexibility index (Phi) is 3.78. The Balaban J connectivity index is 2.36. The van der Waals surface area contributed by atoms with Gasteiger partial charge >= 0.3 is 6.03 Å². The lowest BCUT2D eigenvalue weighted by molar-refractivity contribution is 0.130. The maximum Gasteiger partial charge on any atom is 0.319 e. The zero-order chi connectivity index (χ0) is 10.6. The van der Waals surface area contributed by atoms with E-state index < -0.39 is 0 Å². The number of piperazine rings is 1. The van der Waals surface area contributed by atoms with E-state index >= 15 is 0 Å². The summed E-state index contributed by atoms with van der Waals surface area (Å²) in [5, 5.41) is 0. The van der Waals surface area contributed by atoms with Crippen LogP contribution in [0.3, 0.4) is 0 Å². The maximum absolute atomic E-state index is 11.6. The van der Waals surface area contributed by atoms with E-state index in [1.807, 2.05) is 4.90 Å². The van der Waals surface area contributed by atoms with Crippen molar-refractivity contribution < 1.29 is 4.79 Å². The first kappa shape index (κ1) is 10.9. The van der Waals surface area contributed by atoms with Gasteiger partial charge in [0, 0.05) is 40.3 Å². The van der Waals surface area contributed by atoms with Gasteiger partial charge < -0.3 is 9.80 Å². The van der Waals surface area contributed by atoms with Crippen LogP contribution in [0.5, 0.6) is 0 Å². The molecule has 78 valence electrons. The van der Waals surface area contributed by atoms with E-state index in [4.69, 9.17) is 6.42 Å². The summed E-state index contributed by atoms with van der Waals surface area (Å²) in [6.45, 7) is 3.99. The molecule has 0 aromatic heterocycles. The quantitative estimate of drug-likeness (QED) is 0.547. The average Bonchev–Trinajstić information content (AvgIpc) is 2.18. The molecule has 1 heterocycles. The summed E-state index contributed by atoms with van der Waals surface area (Å²) in [4.78, 5) is 17.2. The van der Waals surface area contributed by atoms with Crippen molar-refractivity contribution in [2.45, 2.75) is 0 Å². The van der Waals surface area contributed by atoms with Gasteiger partial charge in [0.25, 0.3) is 0 Å². The number of hydrogen-bond donors (Lipinski definition) is 0. The Morgan fingerprint density at radius 3 is 2.36 bits per heavy atom. The van der Waals surface area contributed by atoms with Crippen LogP contribution < -0.4 is 0 Å². The van der Waals surface area contributed by atoms with Crippen molar-refractivity contribution in [2.24, 2.45) is 0 Å². The van der Waals surface area contributed by atoms with Crippen LogP contribution in [0, 0.1) is 12.3 Å². The predicted octanol–water partition coefficient (Wildman–Crippen LogP) is -0.0812. The second kappa shape index (κ2) is 4.87. The summed E-state index contributed by atoms with van der Waals surface area (Å²) in [6, 6.07) is 0.0883. The molecule has 1 rings (SSSR count). The molecule has 0 aliphatic carbocycles. The monoisotopic (exact) mass is 195 g/mol. The largest absolute Gasteiger partial charge is 0.331 e. The minimum atomic E-state index is 0.0883. The summed E-state index contributed by atoms with van der Waals surface area (Å²) < 4.78 is 0. The number of terminal acetylenes is 1. The van der Waals surface area contributed by atoms with Gasteiger partial charge in [0.05, 0.1) is 6.54 Å². The molecule has 14 heavy (non-hydrogen) atoms. The third-order valence-electron chi connectivity index (χ3n) is 2.34. The number of amides is 2. The number of urea groups is 1. The van der Waals surface area contributed by atoms with E-state index in [1.165, 1.54) is 0 Å². The van der Waals surface area contributed by atoms with Gasteiger partial charge in [-0.2, -0.15) is 0 Å². The van der Waals surface area contributed by atoms with Crippen LogP contribution in [0.4, 0.5) is 4.79 Å². The van der Waals surface area contributed by atoms with Crippen molar-refractivity contribution in [1.82, 2.24) is 14.7 Å². The molecule has 0 N–H and O–H groups in total. The molecule has 0 radical (unpaired) electrons. The van der Waals surface area contributed by atoms with Gasteiger partial charge in [-0.15, -0.1) is 6.42 Å². The molecule has 1 fully saturated rings. The minimum absolute atomic E-state index is 0.0883. The van der Waals surface area contributed by atoms with Crippen LogP contribution in [0.15, 0.2) is 0 Å². The fraction of sp³-hybridized carbons (Fsp3) is 0.700. The van der Waals surface area contributed by atoms with Gasteiger partial charge in [0.15, 0.2) is 0 Å². The van der Waals surface area contributed by atoms with Gasteiger partial charge in [-0.05, 0) is 0 Å². The number of rotatable bonds is 1. The third kappa shape index (κ3) is 2.64. The number of carbonyl (C=O) groups is 1. The summed E-state index contributed by atoms with van der Waals surface area (Å²) in [7, 11) is 3.55. The van der Waals surface area contributed by atoms with Gasteiger partial charge in [0.1, 0.15) is 0 Å². The molecule has 0 aromatic carbocycles. The van der Waals surface area contributed by atoms with E-state index in [1.54, 1.807) is 19.0 Å². The van der Waals surface area contributed by atoms with Gasteiger partial charge in [-0.25, -0.2) is 4.79 Å². The average molecular weight is 195 g/mol. The fourth-order valence-corrected chi connectivity index (χ4v) is 1.51. The second-order valence-corrected chi connectivity index (χ2v) is 3.64. The molecule has 1 saturated heterocycles. The molecule has 4 heteroatoms. The second-order valence-electron chi connectivity index (χ2n) is 3.64. The molecule has 4 nitrogen and oxygen atoms in total. The molecular formula is C10H17N3O. The summed E-state index contributed by atoms with van der Waals surface area (Å²) >= 11 is 0. The van der Waals surface area contributed by atoms with Crippen LogP contribution in [-0.2, 0) is 0 Å². The Morgan fingerprint density at radius 1 is 1.36 bits per heavy atom. The molecule has 0 spiro atoms. The number of hydrogen-bond acceptors (Lipinski definition) is 2. The Hall–Kier alpha value is -1.21. The van der Waals surface area contributed by atoms with E-state index in [2.05, 4.69) is 10.8 Å². The Morgan fingerprint density at radius 2 is 1.93 bits per heavy atom. The highest BCUT2D eigenvalue weighted by Crippen LogP contribution is 2.03. The van der Waals surface area contributed by atoms with Crippen molar-refractivity contribution in [1.29, 1.82) is 0 Å². The molecule has 1 aliphatic heterocycles. The van der Waals surface area contributed by atoms with E-state index in [-0.39, 0.29) is 6.03 Å². The van der Waals surface area contributed by atoms with E-state index in [0.29, 0.717) is 6.54 Å². The first-order valence-corrected chi connectivity index (χ1v) is 4.77. The van der Waals surface area contributed by atoms with Crippen molar-refractivity contribution in [3.05, 3.63) is 0 Å². The normalized spacial score (nSPS) is 17.6. The first-order chi connectivity index (χ1) is 6.65. The zero-order valence-corrected chi connectivity index (χ0v) is 8.86. The molecule has 2 amide bonds. The van der Waals surface area contributed by atoms with Crippen molar-refractivity contribution in [3.63, 3.8) is 0 Å². The Labute approximate surface area is 85.5 Å². The predicted molar refractivity (Wildman–Crippen MR) is 55.9 cm³/mol. The van der Waals surface area contributed by atoms with Crippen molar-refractivity contribution >= 4 is 6.03 Å². The summed E-state index contributed by atoms with van der Waals surface area (Å²) in [6.07, 6.45) is 5.22. The lowest BCUT2D eigenvalue weighted by atomic mass is 10.3. The summed E-state index contributed by atoms with van der Waals surface area (Å²) in [5.74, 6) is 2.62. The Bertz CT molecular complexity index is 236. The van der Waals surface area contributed by atoms with Gasteiger partial charge in [-0.3, -0.25) is 4.90 Å². The van der Waals surface area contributed by atoms with Crippen molar-refractivity contribution in [2.75, 3.05) is 46.8 Å². The molecule has 0 saturated carbocycles.